The Kier molecular flexibility index (Phi) is 2.81. The molecular weight excluding hydrogens is 293 g/mol. The first-order chi connectivity index (χ1) is 7.61. The number of nitrogen functional groups attached to an aromatic ring is 1. The summed E-state index contributed by atoms with van der Waals surface area (Å²) >= 11 is 9.06. The van der Waals surface area contributed by atoms with Crippen LogP contribution in [-0.2, 0) is 0 Å². The molecule has 0 radical (unpaired) electrons. The van der Waals surface area contributed by atoms with Gasteiger partial charge in [-0.25, -0.2) is 4.68 Å². The second kappa shape index (κ2) is 4.12. The standard InChI is InChI=1S/C9H5BrClN5/c10-8-14-9(13)15-16(8)7-3-6(11)2-1-5(7)4-12/h1-3H,(H2,13,15). The number of halogens is 2. The van der Waals surface area contributed by atoms with E-state index in [1.165, 1.54) is 4.68 Å². The predicted octanol–water partition coefficient (Wildman–Crippen LogP) is 2.14. The van der Waals surface area contributed by atoms with Crippen LogP contribution in [0, 0.1) is 11.3 Å². The summed E-state index contributed by atoms with van der Waals surface area (Å²) in [5.41, 5.74) is 6.43. The third kappa shape index (κ3) is 1.87. The minimum atomic E-state index is 0.121. The smallest absolute Gasteiger partial charge is 0.240 e. The van der Waals surface area contributed by atoms with Gasteiger partial charge in [-0.2, -0.15) is 10.2 Å². The molecule has 0 aliphatic rings. The molecule has 0 unspecified atom stereocenters. The number of aromatic nitrogens is 3. The van der Waals surface area contributed by atoms with E-state index in [0.717, 1.165) is 0 Å². The van der Waals surface area contributed by atoms with Crippen LogP contribution in [0.5, 0.6) is 0 Å². The summed E-state index contributed by atoms with van der Waals surface area (Å²) in [5, 5.41) is 13.4. The number of hydrogen-bond acceptors (Lipinski definition) is 4. The summed E-state index contributed by atoms with van der Waals surface area (Å²) in [6.45, 7) is 0. The van der Waals surface area contributed by atoms with Gasteiger partial charge in [0.15, 0.2) is 0 Å². The zero-order valence-corrected chi connectivity index (χ0v) is 10.2. The maximum Gasteiger partial charge on any atom is 0.240 e. The molecule has 0 aliphatic heterocycles. The van der Waals surface area contributed by atoms with Crippen molar-refractivity contribution in [3.63, 3.8) is 0 Å². The number of anilines is 1. The van der Waals surface area contributed by atoms with Gasteiger partial charge in [0.05, 0.1) is 11.3 Å². The third-order valence-electron chi connectivity index (χ3n) is 1.89. The van der Waals surface area contributed by atoms with Crippen molar-refractivity contribution >= 4 is 33.5 Å². The summed E-state index contributed by atoms with van der Waals surface area (Å²) in [6.07, 6.45) is 0. The highest BCUT2D eigenvalue weighted by molar-refractivity contribution is 9.10. The number of hydrogen-bond donors (Lipinski definition) is 1. The Labute approximate surface area is 105 Å². The van der Waals surface area contributed by atoms with Crippen molar-refractivity contribution < 1.29 is 0 Å². The summed E-state index contributed by atoms with van der Waals surface area (Å²) in [5.74, 6) is 0.121. The van der Waals surface area contributed by atoms with E-state index in [2.05, 4.69) is 26.0 Å². The van der Waals surface area contributed by atoms with Crippen LogP contribution in [0.25, 0.3) is 5.69 Å². The van der Waals surface area contributed by atoms with Gasteiger partial charge < -0.3 is 5.73 Å². The molecule has 7 heteroatoms. The first-order valence-electron chi connectivity index (χ1n) is 4.20. The SMILES string of the molecule is N#Cc1ccc(Cl)cc1-n1nc(N)nc1Br. The predicted molar refractivity (Wildman–Crippen MR) is 63.2 cm³/mol. The molecule has 0 aliphatic carbocycles. The molecule has 2 rings (SSSR count). The van der Waals surface area contributed by atoms with Gasteiger partial charge in [-0.15, -0.1) is 5.10 Å². The van der Waals surface area contributed by atoms with E-state index in [1.807, 2.05) is 6.07 Å². The van der Waals surface area contributed by atoms with Gasteiger partial charge in [-0.1, -0.05) is 11.6 Å². The summed E-state index contributed by atoms with van der Waals surface area (Å²) < 4.78 is 1.84. The molecule has 1 aromatic carbocycles. The van der Waals surface area contributed by atoms with Crippen molar-refractivity contribution in [3.05, 3.63) is 33.5 Å². The van der Waals surface area contributed by atoms with Crippen molar-refractivity contribution in [1.82, 2.24) is 14.8 Å². The topological polar surface area (TPSA) is 80.5 Å². The molecule has 2 aromatic rings. The molecule has 1 aromatic heterocycles. The molecule has 80 valence electrons. The number of nitriles is 1. The van der Waals surface area contributed by atoms with Crippen LogP contribution in [-0.4, -0.2) is 14.8 Å². The molecule has 5 nitrogen and oxygen atoms in total. The molecule has 0 atom stereocenters. The van der Waals surface area contributed by atoms with Crippen molar-refractivity contribution in [2.45, 2.75) is 0 Å². The summed E-state index contributed by atoms with van der Waals surface area (Å²) in [6, 6.07) is 6.92. The minimum absolute atomic E-state index is 0.121. The van der Waals surface area contributed by atoms with Crippen molar-refractivity contribution in [2.24, 2.45) is 0 Å². The van der Waals surface area contributed by atoms with Gasteiger partial charge in [-0.3, -0.25) is 0 Å². The lowest BCUT2D eigenvalue weighted by Gasteiger charge is -2.04. The fourth-order valence-corrected chi connectivity index (χ4v) is 1.85. The van der Waals surface area contributed by atoms with Crippen molar-refractivity contribution in [2.75, 3.05) is 5.73 Å². The molecule has 0 bridgehead atoms. The van der Waals surface area contributed by atoms with Crippen LogP contribution < -0.4 is 5.73 Å². The number of nitrogens with zero attached hydrogens (tertiary/aromatic N) is 4. The molecule has 0 spiro atoms. The lowest BCUT2D eigenvalue weighted by atomic mass is 10.2. The second-order valence-corrected chi connectivity index (χ2v) is 4.07. The molecular formula is C9H5BrClN5. The average Bonchev–Trinajstić information content (AvgIpc) is 2.57. The van der Waals surface area contributed by atoms with E-state index in [9.17, 15) is 0 Å². The maximum absolute atomic E-state index is 8.97. The average molecular weight is 299 g/mol. The monoisotopic (exact) mass is 297 g/mol. The number of rotatable bonds is 1. The Morgan fingerprint density at radius 2 is 2.25 bits per heavy atom. The van der Waals surface area contributed by atoms with Crippen molar-refractivity contribution in [1.29, 1.82) is 5.26 Å². The lowest BCUT2D eigenvalue weighted by molar-refractivity contribution is 0.857. The van der Waals surface area contributed by atoms with Gasteiger partial charge in [-0.05, 0) is 34.1 Å². The summed E-state index contributed by atoms with van der Waals surface area (Å²) in [4.78, 5) is 3.89. The quantitative estimate of drug-likeness (QED) is 0.874. The van der Waals surface area contributed by atoms with Crippen LogP contribution in [0.3, 0.4) is 0 Å². The zero-order valence-electron chi connectivity index (χ0n) is 7.85. The van der Waals surface area contributed by atoms with Crippen LogP contribution in [0.1, 0.15) is 5.56 Å². The van der Waals surface area contributed by atoms with Crippen LogP contribution >= 0.6 is 27.5 Å². The first-order valence-corrected chi connectivity index (χ1v) is 5.37. The normalized spacial score (nSPS) is 10.1. The molecule has 0 amide bonds. The van der Waals surface area contributed by atoms with Crippen LogP contribution in [0.15, 0.2) is 22.9 Å². The highest BCUT2D eigenvalue weighted by atomic mass is 79.9. The Hall–Kier alpha value is -1.58. The molecule has 0 saturated heterocycles. The second-order valence-electron chi connectivity index (χ2n) is 2.92. The maximum atomic E-state index is 8.97. The Morgan fingerprint density at radius 1 is 1.50 bits per heavy atom. The van der Waals surface area contributed by atoms with E-state index in [0.29, 0.717) is 21.0 Å². The van der Waals surface area contributed by atoms with Gasteiger partial charge in [0.1, 0.15) is 6.07 Å². The van der Waals surface area contributed by atoms with Crippen LogP contribution in [0.4, 0.5) is 5.95 Å². The fourth-order valence-electron chi connectivity index (χ4n) is 1.24. The number of nitrogens with two attached hydrogens (primary N) is 1. The highest BCUT2D eigenvalue weighted by Gasteiger charge is 2.11. The summed E-state index contributed by atoms with van der Waals surface area (Å²) in [7, 11) is 0. The molecule has 0 saturated carbocycles. The van der Waals surface area contributed by atoms with E-state index >= 15 is 0 Å². The van der Waals surface area contributed by atoms with Crippen molar-refractivity contribution in [3.8, 4) is 11.8 Å². The van der Waals surface area contributed by atoms with Gasteiger partial charge >= 0.3 is 0 Å². The molecule has 2 N–H and O–H groups in total. The first kappa shape index (κ1) is 10.9. The third-order valence-corrected chi connectivity index (χ3v) is 2.64. The van der Waals surface area contributed by atoms with Gasteiger partial charge in [0.25, 0.3) is 0 Å². The lowest BCUT2D eigenvalue weighted by Crippen LogP contribution is -2.00. The van der Waals surface area contributed by atoms with E-state index < -0.39 is 0 Å². The highest BCUT2D eigenvalue weighted by Crippen LogP contribution is 2.22. The van der Waals surface area contributed by atoms with E-state index in [4.69, 9.17) is 22.6 Å². The zero-order chi connectivity index (χ0) is 11.7. The van der Waals surface area contributed by atoms with Gasteiger partial charge in [0, 0.05) is 5.02 Å². The Morgan fingerprint density at radius 3 is 2.81 bits per heavy atom. The Balaban J connectivity index is 2.68. The molecule has 0 fully saturated rings. The van der Waals surface area contributed by atoms with E-state index in [-0.39, 0.29) is 5.95 Å². The minimum Gasteiger partial charge on any atom is -0.366 e. The van der Waals surface area contributed by atoms with Gasteiger partial charge in [0.2, 0.25) is 10.7 Å². The largest absolute Gasteiger partial charge is 0.366 e. The molecule has 16 heavy (non-hydrogen) atoms. The molecule has 1 heterocycles. The Bertz CT molecular complexity index is 586. The fraction of sp³-hybridized carbons (Fsp3) is 0. The van der Waals surface area contributed by atoms with E-state index in [1.54, 1.807) is 18.2 Å². The van der Waals surface area contributed by atoms with Crippen LogP contribution in [0.2, 0.25) is 5.02 Å². The number of benzene rings is 1.